The van der Waals surface area contributed by atoms with Crippen LogP contribution in [0.5, 0.6) is 0 Å². The smallest absolute Gasteiger partial charge is 0.300 e. The molecule has 1 fully saturated rings. The van der Waals surface area contributed by atoms with Gasteiger partial charge in [-0.15, -0.1) is 0 Å². The Morgan fingerprint density at radius 3 is 1.50 bits per heavy atom. The predicted octanol–water partition coefficient (Wildman–Crippen LogP) is 3.99. The summed E-state index contributed by atoms with van der Waals surface area (Å²) in [5.74, 6) is -4.34. The summed E-state index contributed by atoms with van der Waals surface area (Å²) < 4.78 is 70.4. The Morgan fingerprint density at radius 1 is 1.06 bits per heavy atom. The van der Waals surface area contributed by atoms with Crippen molar-refractivity contribution < 1.29 is 35.9 Å². The van der Waals surface area contributed by atoms with Gasteiger partial charge in [-0.3, -0.25) is 9.53 Å². The van der Waals surface area contributed by atoms with Crippen molar-refractivity contribution in [2.45, 2.75) is 57.7 Å². The van der Waals surface area contributed by atoms with E-state index < -0.39 is 18.1 Å². The van der Waals surface area contributed by atoms with Crippen LogP contribution in [0.1, 0.15) is 39.5 Å². The Kier molecular flexibility index (Phi) is 5.64. The van der Waals surface area contributed by atoms with E-state index in [1.807, 2.05) is 13.8 Å². The third kappa shape index (κ3) is 4.15. The molecule has 0 aromatic heterocycles. The first kappa shape index (κ1) is 17.2. The van der Waals surface area contributed by atoms with Gasteiger partial charge in [0.15, 0.2) is 0 Å². The van der Waals surface area contributed by atoms with Gasteiger partial charge in [0, 0.05) is 12.8 Å². The molecule has 0 saturated carbocycles. The van der Waals surface area contributed by atoms with Crippen LogP contribution in [0, 0.1) is 0 Å². The summed E-state index contributed by atoms with van der Waals surface area (Å²) in [6, 6.07) is 0. The molecule has 0 amide bonds. The van der Waals surface area contributed by atoms with E-state index in [9.17, 15) is 31.1 Å². The number of Topliss-reactive ketones (excluding diaryl/α,β-unsaturated/α-hetero) is 1. The van der Waals surface area contributed by atoms with Crippen molar-refractivity contribution in [1.82, 2.24) is 0 Å². The summed E-state index contributed by atoms with van der Waals surface area (Å²) in [6.45, 7) is 4.07. The van der Waals surface area contributed by atoms with Crippen LogP contribution in [0.3, 0.4) is 0 Å². The van der Waals surface area contributed by atoms with E-state index in [0.717, 1.165) is 25.7 Å². The van der Waals surface area contributed by atoms with Gasteiger partial charge in [-0.25, -0.2) is 0 Å². The van der Waals surface area contributed by atoms with E-state index in [4.69, 9.17) is 0 Å². The molecule has 1 aliphatic rings. The van der Waals surface area contributed by atoms with Gasteiger partial charge < -0.3 is 0 Å². The zero-order chi connectivity index (χ0) is 14.6. The lowest BCUT2D eigenvalue weighted by Crippen LogP contribution is -2.32. The molecule has 0 aromatic rings. The maximum absolute atomic E-state index is 11.7. The number of hydrogen-bond acceptors (Lipinski definition) is 2. The highest BCUT2D eigenvalue weighted by atomic mass is 19.4. The summed E-state index contributed by atoms with van der Waals surface area (Å²) in [7, 11) is 0. The molecule has 2 nitrogen and oxygen atoms in total. The lowest BCUT2D eigenvalue weighted by atomic mass is 10.1. The Labute approximate surface area is 100 Å². The second-order valence-electron chi connectivity index (χ2n) is 3.75. The normalized spacial score (nSPS) is 25.1. The molecular formula is C10H14F6O2. The van der Waals surface area contributed by atoms with Crippen LogP contribution in [0.15, 0.2) is 0 Å². The van der Waals surface area contributed by atoms with E-state index in [2.05, 4.69) is 4.74 Å². The summed E-state index contributed by atoms with van der Waals surface area (Å²) in [5.41, 5.74) is 0. The lowest BCUT2D eigenvalue weighted by molar-refractivity contribution is -0.231. The Bertz CT molecular complexity index is 281. The maximum atomic E-state index is 11.7. The molecule has 1 aliphatic heterocycles. The van der Waals surface area contributed by atoms with Crippen molar-refractivity contribution in [2.75, 3.05) is 0 Å². The Balaban J connectivity index is 0.000000331. The molecule has 18 heavy (non-hydrogen) atoms. The fraction of sp³-hybridized carbons (Fsp3) is 0.900. The minimum Gasteiger partial charge on any atom is -0.300 e. The van der Waals surface area contributed by atoms with Crippen molar-refractivity contribution >= 4 is 5.78 Å². The fourth-order valence-corrected chi connectivity index (χ4v) is 1.06. The van der Waals surface area contributed by atoms with Gasteiger partial charge in [0.1, 0.15) is 5.78 Å². The molecule has 1 rings (SSSR count). The summed E-state index contributed by atoms with van der Waals surface area (Å²) >= 11 is 0. The minimum absolute atomic E-state index is 0.412. The number of ether oxygens (including phenoxy) is 1. The first-order valence-electron chi connectivity index (χ1n) is 5.37. The molecular weight excluding hydrogens is 266 g/mol. The van der Waals surface area contributed by atoms with Crippen molar-refractivity contribution in [1.29, 1.82) is 0 Å². The lowest BCUT2D eigenvalue weighted by Gasteiger charge is -2.04. The largest absolute Gasteiger partial charge is 0.458 e. The number of halogens is 6. The van der Waals surface area contributed by atoms with Gasteiger partial charge in [-0.1, -0.05) is 13.8 Å². The quantitative estimate of drug-likeness (QED) is 0.575. The third-order valence-electron chi connectivity index (χ3n) is 2.02. The van der Waals surface area contributed by atoms with Crippen LogP contribution in [-0.2, 0) is 9.53 Å². The van der Waals surface area contributed by atoms with Crippen LogP contribution in [0.4, 0.5) is 26.3 Å². The van der Waals surface area contributed by atoms with E-state index in [-0.39, 0.29) is 0 Å². The highest BCUT2D eigenvalue weighted by Crippen LogP contribution is 2.60. The molecule has 0 bridgehead atoms. The molecule has 0 N–H and O–H groups in total. The maximum Gasteiger partial charge on any atom is 0.458 e. The molecule has 0 radical (unpaired) electrons. The number of alkyl halides is 6. The Morgan fingerprint density at radius 2 is 1.39 bits per heavy atom. The third-order valence-corrected chi connectivity index (χ3v) is 2.02. The van der Waals surface area contributed by atoms with E-state index >= 15 is 0 Å². The molecule has 1 atom stereocenters. The van der Waals surface area contributed by atoms with Crippen molar-refractivity contribution in [3.8, 4) is 0 Å². The number of carbonyl (C=O) groups is 1. The molecule has 108 valence electrons. The average molecular weight is 280 g/mol. The SMILES string of the molecule is CCCC(=O)CCC.FC(F)(F)C1(F)OC1(F)F. The topological polar surface area (TPSA) is 29.6 Å². The van der Waals surface area contributed by atoms with E-state index in [1.165, 1.54) is 0 Å². The number of epoxide rings is 1. The number of carbonyl (C=O) groups excluding carboxylic acids is 1. The zero-order valence-electron chi connectivity index (χ0n) is 9.91. The van der Waals surface area contributed by atoms with Gasteiger partial charge in [0.25, 0.3) is 0 Å². The van der Waals surface area contributed by atoms with Crippen LogP contribution in [-0.4, -0.2) is 23.9 Å². The highest BCUT2D eigenvalue weighted by molar-refractivity contribution is 5.78. The summed E-state index contributed by atoms with van der Waals surface area (Å²) in [5, 5.41) is 0. The van der Waals surface area contributed by atoms with Gasteiger partial charge >= 0.3 is 18.1 Å². The van der Waals surface area contributed by atoms with Gasteiger partial charge in [0.2, 0.25) is 0 Å². The molecule has 0 aromatic carbocycles. The Hall–Kier alpha value is -0.790. The average Bonchev–Trinajstić information content (AvgIpc) is 2.68. The summed E-state index contributed by atoms with van der Waals surface area (Å²) in [4.78, 5) is 10.6. The molecule has 0 aliphatic carbocycles. The number of rotatable bonds is 4. The molecule has 1 saturated heterocycles. The molecule has 1 unspecified atom stereocenters. The van der Waals surface area contributed by atoms with Crippen molar-refractivity contribution in [3.05, 3.63) is 0 Å². The van der Waals surface area contributed by atoms with Gasteiger partial charge in [0.05, 0.1) is 0 Å². The van der Waals surface area contributed by atoms with Crippen LogP contribution < -0.4 is 0 Å². The first-order valence-corrected chi connectivity index (χ1v) is 5.37. The number of ketones is 1. The van der Waals surface area contributed by atoms with Crippen LogP contribution in [0.25, 0.3) is 0 Å². The van der Waals surface area contributed by atoms with Crippen molar-refractivity contribution in [2.24, 2.45) is 0 Å². The molecule has 8 heteroatoms. The first-order chi connectivity index (χ1) is 8.02. The van der Waals surface area contributed by atoms with Gasteiger partial charge in [-0.2, -0.15) is 26.3 Å². The predicted molar refractivity (Wildman–Crippen MR) is 50.7 cm³/mol. The van der Waals surface area contributed by atoms with Crippen LogP contribution >= 0.6 is 0 Å². The van der Waals surface area contributed by atoms with Gasteiger partial charge in [-0.05, 0) is 12.8 Å². The van der Waals surface area contributed by atoms with E-state index in [1.54, 1.807) is 0 Å². The van der Waals surface area contributed by atoms with Crippen molar-refractivity contribution in [3.63, 3.8) is 0 Å². The second kappa shape index (κ2) is 5.90. The standard InChI is InChI=1S/C7H14O.C3F6O/c1-3-5-7(8)6-4-2;4-1(2(5,6)7)3(8,9)10-1/h3-6H2,1-2H3;. The highest BCUT2D eigenvalue weighted by Gasteiger charge is 2.90. The monoisotopic (exact) mass is 280 g/mol. The number of hydrogen-bond donors (Lipinski definition) is 0. The summed E-state index contributed by atoms with van der Waals surface area (Å²) in [6.07, 6.45) is -6.82. The van der Waals surface area contributed by atoms with E-state index in [0.29, 0.717) is 5.78 Å². The minimum atomic E-state index is -5.66. The fourth-order valence-electron chi connectivity index (χ4n) is 1.06. The zero-order valence-corrected chi connectivity index (χ0v) is 9.91. The van der Waals surface area contributed by atoms with Crippen LogP contribution in [0.2, 0.25) is 0 Å². The second-order valence-corrected chi connectivity index (χ2v) is 3.75. The molecule has 0 spiro atoms. The molecule has 1 heterocycles.